The lowest BCUT2D eigenvalue weighted by molar-refractivity contribution is 0.114. The van der Waals surface area contributed by atoms with Crippen LogP contribution in [-0.4, -0.2) is 67.0 Å². The first-order valence-electron chi connectivity index (χ1n) is 11.1. The van der Waals surface area contributed by atoms with Crippen LogP contribution in [0.2, 0.25) is 10.2 Å². The summed E-state index contributed by atoms with van der Waals surface area (Å²) in [5.74, 6) is 0.434. The zero-order chi connectivity index (χ0) is 25.6. The number of carboxylic acid groups (broad SMARTS) is 1. The number of carbonyl (C=O) groups is 1. The summed E-state index contributed by atoms with van der Waals surface area (Å²) in [5.41, 5.74) is 1.15. The highest BCUT2D eigenvalue weighted by Gasteiger charge is 2.34. The summed E-state index contributed by atoms with van der Waals surface area (Å²) in [5, 5.41) is 10.4. The summed E-state index contributed by atoms with van der Waals surface area (Å²) >= 11 is 14.2. The van der Waals surface area contributed by atoms with Crippen molar-refractivity contribution in [1.29, 1.82) is 0 Å². The fraction of sp³-hybridized carbons (Fsp3) is 0.435. The van der Waals surface area contributed by atoms with E-state index < -0.39 is 11.8 Å². The van der Waals surface area contributed by atoms with E-state index in [1.807, 2.05) is 44.9 Å². The number of rotatable bonds is 4. The topological polar surface area (TPSA) is 104 Å². The van der Waals surface area contributed by atoms with Gasteiger partial charge in [-0.3, -0.25) is 4.98 Å². The predicted octanol–water partition coefficient (Wildman–Crippen LogP) is 4.90. The van der Waals surface area contributed by atoms with Crippen molar-refractivity contribution >= 4 is 57.9 Å². The van der Waals surface area contributed by atoms with Gasteiger partial charge in [0.15, 0.2) is 5.65 Å². The van der Waals surface area contributed by atoms with E-state index in [2.05, 4.69) is 15.0 Å². The summed E-state index contributed by atoms with van der Waals surface area (Å²) in [6.07, 6.45) is 2.68. The maximum absolute atomic E-state index is 13.7. The number of aromatic nitrogens is 4. The fourth-order valence-electron chi connectivity index (χ4n) is 4.46. The predicted molar refractivity (Wildman–Crippen MR) is 140 cm³/mol. The van der Waals surface area contributed by atoms with Gasteiger partial charge in [0.05, 0.1) is 21.8 Å². The Kier molecular flexibility index (Phi) is 7.17. The third-order valence-corrected chi connectivity index (χ3v) is 7.61. The molecule has 0 aromatic carbocycles. The number of thioether (sulfide) groups is 1. The number of halogens is 2. The molecule has 0 bridgehead atoms. The Bertz CT molecular complexity index is 1370. The minimum Gasteiger partial charge on any atom is -0.465 e. The SMILES string of the molecule is CSc1ccnc(C(C)C)c1-n1c(=O)nc(N2CC(C)N(C(=O)O)CC2C)c2cc(Cl)c(Cl)nc21. The molecule has 3 aromatic heterocycles. The van der Waals surface area contributed by atoms with Gasteiger partial charge in [0, 0.05) is 36.3 Å². The van der Waals surface area contributed by atoms with Crippen molar-refractivity contribution in [2.75, 3.05) is 24.2 Å². The second-order valence-corrected chi connectivity index (χ2v) is 10.5. The van der Waals surface area contributed by atoms with Gasteiger partial charge in [-0.25, -0.2) is 19.1 Å². The van der Waals surface area contributed by atoms with Crippen LogP contribution in [-0.2, 0) is 0 Å². The van der Waals surface area contributed by atoms with Crippen LogP contribution in [0, 0.1) is 0 Å². The third-order valence-electron chi connectivity index (χ3n) is 6.17. The van der Waals surface area contributed by atoms with Gasteiger partial charge >= 0.3 is 11.8 Å². The van der Waals surface area contributed by atoms with Crippen LogP contribution in [0.25, 0.3) is 16.7 Å². The number of nitrogens with zero attached hydrogens (tertiary/aromatic N) is 6. The molecule has 0 saturated carbocycles. The number of piperazine rings is 1. The van der Waals surface area contributed by atoms with Gasteiger partial charge in [0.25, 0.3) is 0 Å². The van der Waals surface area contributed by atoms with Gasteiger partial charge in [-0.15, -0.1) is 11.8 Å². The zero-order valence-corrected chi connectivity index (χ0v) is 22.3. The van der Waals surface area contributed by atoms with Crippen LogP contribution in [0.4, 0.5) is 10.6 Å². The summed E-state index contributed by atoms with van der Waals surface area (Å²) < 4.78 is 1.46. The van der Waals surface area contributed by atoms with Crippen molar-refractivity contribution in [2.45, 2.75) is 50.6 Å². The van der Waals surface area contributed by atoms with Crippen molar-refractivity contribution in [2.24, 2.45) is 0 Å². The van der Waals surface area contributed by atoms with Crippen molar-refractivity contribution < 1.29 is 9.90 Å². The Morgan fingerprint density at radius 1 is 1.20 bits per heavy atom. The van der Waals surface area contributed by atoms with Crippen LogP contribution in [0.1, 0.15) is 39.3 Å². The Labute approximate surface area is 217 Å². The fourth-order valence-corrected chi connectivity index (χ4v) is 5.33. The molecule has 1 fully saturated rings. The second-order valence-electron chi connectivity index (χ2n) is 8.87. The molecular formula is C23H26Cl2N6O3S. The highest BCUT2D eigenvalue weighted by Crippen LogP contribution is 2.35. The number of hydrogen-bond acceptors (Lipinski definition) is 7. The highest BCUT2D eigenvalue weighted by molar-refractivity contribution is 7.98. The first kappa shape index (κ1) is 25.5. The number of anilines is 1. The summed E-state index contributed by atoms with van der Waals surface area (Å²) in [6.45, 7) is 8.37. The van der Waals surface area contributed by atoms with Crippen LogP contribution < -0.4 is 10.6 Å². The molecule has 4 rings (SSSR count). The standard InChI is InChI=1S/C23H26Cl2N6O3S/c1-11(2)17-18(16(35-5)6-7-26-17)31-21-14(8-15(24)19(25)27-21)20(28-22(31)32)29-9-13(4)30(23(33)34)10-12(29)3/h6-8,11-13H,9-10H2,1-5H3,(H,33,34). The number of hydrogen-bond donors (Lipinski definition) is 1. The Balaban J connectivity index is 2.02. The van der Waals surface area contributed by atoms with E-state index in [0.29, 0.717) is 29.1 Å². The first-order valence-corrected chi connectivity index (χ1v) is 13.1. The quantitative estimate of drug-likeness (QED) is 0.370. The lowest BCUT2D eigenvalue weighted by atomic mass is 10.1. The lowest BCUT2D eigenvalue weighted by Gasteiger charge is -2.43. The van der Waals surface area contributed by atoms with Gasteiger partial charge in [0.1, 0.15) is 11.0 Å². The molecule has 1 aliphatic rings. The van der Waals surface area contributed by atoms with E-state index in [1.54, 1.807) is 12.3 Å². The van der Waals surface area contributed by atoms with Crippen molar-refractivity contribution in [3.63, 3.8) is 0 Å². The maximum atomic E-state index is 13.7. The molecule has 3 aromatic rings. The molecule has 2 unspecified atom stereocenters. The Morgan fingerprint density at radius 3 is 2.54 bits per heavy atom. The smallest absolute Gasteiger partial charge is 0.407 e. The lowest BCUT2D eigenvalue weighted by Crippen LogP contribution is -2.58. The van der Waals surface area contributed by atoms with Gasteiger partial charge in [-0.2, -0.15) is 4.98 Å². The van der Waals surface area contributed by atoms with E-state index in [-0.39, 0.29) is 34.7 Å². The van der Waals surface area contributed by atoms with E-state index >= 15 is 0 Å². The number of pyridine rings is 2. The van der Waals surface area contributed by atoms with E-state index in [4.69, 9.17) is 23.2 Å². The monoisotopic (exact) mass is 536 g/mol. The third kappa shape index (κ3) is 4.54. The average molecular weight is 537 g/mol. The Hall–Kier alpha value is -2.56. The van der Waals surface area contributed by atoms with Crippen molar-refractivity contribution in [3.05, 3.63) is 44.7 Å². The molecule has 0 radical (unpaired) electrons. The van der Waals surface area contributed by atoms with Crippen molar-refractivity contribution in [3.8, 4) is 5.69 Å². The van der Waals surface area contributed by atoms with Crippen molar-refractivity contribution in [1.82, 2.24) is 24.4 Å². The molecule has 186 valence electrons. The highest BCUT2D eigenvalue weighted by atomic mass is 35.5. The molecule has 0 aliphatic carbocycles. The van der Waals surface area contributed by atoms with Crippen LogP contribution in [0.15, 0.2) is 28.0 Å². The first-order chi connectivity index (χ1) is 16.5. The van der Waals surface area contributed by atoms with E-state index in [1.165, 1.54) is 21.2 Å². The molecule has 4 heterocycles. The number of fused-ring (bicyclic) bond motifs is 1. The molecule has 1 amide bonds. The molecule has 2 atom stereocenters. The minimum absolute atomic E-state index is 0.0338. The molecule has 1 saturated heterocycles. The van der Waals surface area contributed by atoms with Crippen LogP contribution in [0.5, 0.6) is 0 Å². The van der Waals surface area contributed by atoms with E-state index in [0.717, 1.165) is 10.6 Å². The largest absolute Gasteiger partial charge is 0.465 e. The maximum Gasteiger partial charge on any atom is 0.407 e. The summed E-state index contributed by atoms with van der Waals surface area (Å²) in [4.78, 5) is 43.0. The van der Waals surface area contributed by atoms with Gasteiger partial charge < -0.3 is 14.9 Å². The number of amides is 1. The molecular weight excluding hydrogens is 511 g/mol. The zero-order valence-electron chi connectivity index (χ0n) is 20.0. The summed E-state index contributed by atoms with van der Waals surface area (Å²) in [6, 6.07) is 2.99. The molecule has 1 aliphatic heterocycles. The normalized spacial score (nSPS) is 18.5. The van der Waals surface area contributed by atoms with Gasteiger partial charge in [-0.05, 0) is 38.2 Å². The minimum atomic E-state index is -0.976. The Morgan fingerprint density at radius 2 is 1.91 bits per heavy atom. The van der Waals surface area contributed by atoms with E-state index in [9.17, 15) is 14.7 Å². The van der Waals surface area contributed by atoms with Crippen LogP contribution in [0.3, 0.4) is 0 Å². The second kappa shape index (κ2) is 9.83. The molecule has 0 spiro atoms. The van der Waals surface area contributed by atoms with Gasteiger partial charge in [-0.1, -0.05) is 37.0 Å². The molecule has 1 N–H and O–H groups in total. The average Bonchev–Trinajstić information content (AvgIpc) is 2.80. The summed E-state index contributed by atoms with van der Waals surface area (Å²) in [7, 11) is 0. The molecule has 35 heavy (non-hydrogen) atoms. The van der Waals surface area contributed by atoms with Gasteiger partial charge in [0.2, 0.25) is 0 Å². The molecule has 9 nitrogen and oxygen atoms in total. The molecule has 12 heteroatoms. The van der Waals surface area contributed by atoms with Crippen LogP contribution >= 0.6 is 35.0 Å².